The van der Waals surface area contributed by atoms with E-state index in [2.05, 4.69) is 31.4 Å². The molecule has 0 amide bonds. The molecule has 1 aliphatic carbocycles. The van der Waals surface area contributed by atoms with Crippen LogP contribution >= 0.6 is 23.8 Å². The predicted octanol–water partition coefficient (Wildman–Crippen LogP) is 4.91. The summed E-state index contributed by atoms with van der Waals surface area (Å²) in [4.78, 5) is 0. The largest absolute Gasteiger partial charge is 0.360 e. The highest BCUT2D eigenvalue weighted by molar-refractivity contribution is 7.80. The Bertz CT molecular complexity index is 485. The maximum absolute atomic E-state index is 5.89. The van der Waals surface area contributed by atoms with Gasteiger partial charge in [0.05, 0.1) is 0 Å². The number of hydrogen-bond acceptors (Lipinski definition) is 1. The fourth-order valence-electron chi connectivity index (χ4n) is 3.12. The molecule has 0 heterocycles. The van der Waals surface area contributed by atoms with Crippen LogP contribution in [0.3, 0.4) is 0 Å². The maximum atomic E-state index is 5.89. The molecule has 0 unspecified atom stereocenters. The second-order valence-electron chi connectivity index (χ2n) is 7.37. The van der Waals surface area contributed by atoms with Gasteiger partial charge in [-0.15, -0.1) is 0 Å². The van der Waals surface area contributed by atoms with Gasteiger partial charge in [-0.3, -0.25) is 0 Å². The third-order valence-corrected chi connectivity index (χ3v) is 5.17. The monoisotopic (exact) mass is 338 g/mol. The molecule has 0 bridgehead atoms. The zero-order chi connectivity index (χ0) is 16.2. The lowest BCUT2D eigenvalue weighted by Gasteiger charge is -2.37. The molecule has 1 fully saturated rings. The van der Waals surface area contributed by atoms with Crippen molar-refractivity contribution in [1.29, 1.82) is 0 Å². The van der Waals surface area contributed by atoms with E-state index in [1.165, 1.54) is 31.2 Å². The van der Waals surface area contributed by atoms with Crippen molar-refractivity contribution in [2.75, 3.05) is 0 Å². The molecule has 1 saturated carbocycles. The SMILES string of the molecule is CC(C)(C)C1CCC(NC(=S)NCc2ccc(Cl)cc2)CC1. The molecule has 0 spiro atoms. The van der Waals surface area contributed by atoms with Crippen LogP contribution in [-0.2, 0) is 6.54 Å². The second kappa shape index (κ2) is 7.65. The molecular weight excluding hydrogens is 312 g/mol. The van der Waals surface area contributed by atoms with Gasteiger partial charge in [-0.2, -0.15) is 0 Å². The Hall–Kier alpha value is -0.800. The van der Waals surface area contributed by atoms with Crippen molar-refractivity contribution in [3.05, 3.63) is 34.9 Å². The minimum atomic E-state index is 0.429. The van der Waals surface area contributed by atoms with Crippen LogP contribution in [-0.4, -0.2) is 11.2 Å². The second-order valence-corrected chi connectivity index (χ2v) is 8.21. The lowest BCUT2D eigenvalue weighted by atomic mass is 9.71. The van der Waals surface area contributed by atoms with Crippen LogP contribution < -0.4 is 10.6 Å². The maximum Gasteiger partial charge on any atom is 0.166 e. The third-order valence-electron chi connectivity index (χ3n) is 4.65. The number of hydrogen-bond donors (Lipinski definition) is 2. The molecule has 2 N–H and O–H groups in total. The number of nitrogens with one attached hydrogen (secondary N) is 2. The van der Waals surface area contributed by atoms with Gasteiger partial charge in [-0.25, -0.2) is 0 Å². The van der Waals surface area contributed by atoms with E-state index in [1.807, 2.05) is 24.3 Å². The molecule has 0 radical (unpaired) electrons. The molecule has 4 heteroatoms. The number of rotatable bonds is 3. The van der Waals surface area contributed by atoms with Crippen molar-refractivity contribution in [3.8, 4) is 0 Å². The molecule has 0 atom stereocenters. The Kier molecular flexibility index (Phi) is 6.10. The molecule has 122 valence electrons. The van der Waals surface area contributed by atoms with Crippen LogP contribution in [0.15, 0.2) is 24.3 Å². The number of thiocarbonyl (C=S) groups is 1. The Labute approximate surface area is 145 Å². The minimum Gasteiger partial charge on any atom is -0.360 e. The highest BCUT2D eigenvalue weighted by atomic mass is 35.5. The van der Waals surface area contributed by atoms with Crippen LogP contribution in [0, 0.1) is 11.3 Å². The van der Waals surface area contributed by atoms with Gasteiger partial charge in [-0.1, -0.05) is 44.5 Å². The van der Waals surface area contributed by atoms with Gasteiger partial charge >= 0.3 is 0 Å². The van der Waals surface area contributed by atoms with E-state index in [4.69, 9.17) is 23.8 Å². The molecule has 2 rings (SSSR count). The first-order valence-corrected chi connectivity index (χ1v) is 8.92. The molecule has 0 aliphatic heterocycles. The zero-order valence-corrected chi connectivity index (χ0v) is 15.4. The molecular formula is C18H27ClN2S. The van der Waals surface area contributed by atoms with Gasteiger partial charge in [0.25, 0.3) is 0 Å². The molecule has 1 aromatic rings. The van der Waals surface area contributed by atoms with Crippen LogP contribution in [0.4, 0.5) is 0 Å². The first-order chi connectivity index (χ1) is 10.3. The summed E-state index contributed by atoms with van der Waals surface area (Å²) in [5, 5.41) is 8.27. The highest BCUT2D eigenvalue weighted by Crippen LogP contribution is 2.37. The van der Waals surface area contributed by atoms with Crippen molar-refractivity contribution in [2.24, 2.45) is 11.3 Å². The average Bonchev–Trinajstić information content (AvgIpc) is 2.46. The number of benzene rings is 1. The summed E-state index contributed by atoms with van der Waals surface area (Å²) >= 11 is 11.3. The molecule has 22 heavy (non-hydrogen) atoms. The van der Waals surface area contributed by atoms with Gasteiger partial charge in [-0.05, 0) is 66.9 Å². The summed E-state index contributed by atoms with van der Waals surface area (Å²) in [5.74, 6) is 0.834. The summed E-state index contributed by atoms with van der Waals surface area (Å²) in [6.45, 7) is 7.79. The van der Waals surface area contributed by atoms with E-state index in [-0.39, 0.29) is 0 Å². The fraction of sp³-hybridized carbons (Fsp3) is 0.611. The highest BCUT2D eigenvalue weighted by Gasteiger charge is 2.29. The number of halogens is 1. The normalized spacial score (nSPS) is 22.2. The Morgan fingerprint density at radius 2 is 1.73 bits per heavy atom. The minimum absolute atomic E-state index is 0.429. The van der Waals surface area contributed by atoms with Crippen molar-refractivity contribution in [3.63, 3.8) is 0 Å². The summed E-state index contributed by atoms with van der Waals surface area (Å²) in [6, 6.07) is 8.37. The molecule has 0 aromatic heterocycles. The summed E-state index contributed by atoms with van der Waals surface area (Å²) < 4.78 is 0. The first kappa shape index (κ1) is 17.6. The quantitative estimate of drug-likeness (QED) is 0.766. The lowest BCUT2D eigenvalue weighted by molar-refractivity contribution is 0.165. The third kappa shape index (κ3) is 5.44. The van der Waals surface area contributed by atoms with Gasteiger partial charge in [0.2, 0.25) is 0 Å². The van der Waals surface area contributed by atoms with E-state index in [0.717, 1.165) is 22.6 Å². The molecule has 0 saturated heterocycles. The Morgan fingerprint density at radius 1 is 1.14 bits per heavy atom. The van der Waals surface area contributed by atoms with Gasteiger partial charge < -0.3 is 10.6 Å². The topological polar surface area (TPSA) is 24.1 Å². The van der Waals surface area contributed by atoms with Gasteiger partial charge in [0.15, 0.2) is 5.11 Å². The van der Waals surface area contributed by atoms with E-state index < -0.39 is 0 Å². The average molecular weight is 339 g/mol. The van der Waals surface area contributed by atoms with Crippen LogP contribution in [0.5, 0.6) is 0 Å². The first-order valence-electron chi connectivity index (χ1n) is 8.13. The summed E-state index contributed by atoms with van der Waals surface area (Å²) in [7, 11) is 0. The van der Waals surface area contributed by atoms with Crippen molar-refractivity contribution < 1.29 is 0 Å². The Balaban J connectivity index is 1.71. The van der Waals surface area contributed by atoms with Crippen molar-refractivity contribution >= 4 is 28.9 Å². The van der Waals surface area contributed by atoms with Crippen LogP contribution in [0.25, 0.3) is 0 Å². The van der Waals surface area contributed by atoms with Gasteiger partial charge in [0.1, 0.15) is 0 Å². The van der Waals surface area contributed by atoms with E-state index in [0.29, 0.717) is 11.5 Å². The standard InChI is InChI=1S/C18H27ClN2S/c1-18(2,3)14-6-10-16(11-7-14)21-17(22)20-12-13-4-8-15(19)9-5-13/h4-5,8-9,14,16H,6-7,10-12H2,1-3H3,(H2,20,21,22). The van der Waals surface area contributed by atoms with Crippen LogP contribution in [0.2, 0.25) is 5.02 Å². The summed E-state index contributed by atoms with van der Waals surface area (Å²) in [5.41, 5.74) is 1.61. The molecule has 1 aliphatic rings. The van der Waals surface area contributed by atoms with Crippen molar-refractivity contribution in [1.82, 2.24) is 10.6 Å². The Morgan fingerprint density at radius 3 is 2.27 bits per heavy atom. The van der Waals surface area contributed by atoms with E-state index >= 15 is 0 Å². The fourth-order valence-corrected chi connectivity index (χ4v) is 3.49. The van der Waals surface area contributed by atoms with E-state index in [9.17, 15) is 0 Å². The lowest BCUT2D eigenvalue weighted by Crippen LogP contribution is -2.44. The van der Waals surface area contributed by atoms with Crippen LogP contribution in [0.1, 0.15) is 52.0 Å². The van der Waals surface area contributed by atoms with E-state index in [1.54, 1.807) is 0 Å². The predicted molar refractivity (Wildman–Crippen MR) is 99.2 cm³/mol. The van der Waals surface area contributed by atoms with Gasteiger partial charge in [0, 0.05) is 17.6 Å². The summed E-state index contributed by atoms with van der Waals surface area (Å²) in [6.07, 6.45) is 5.01. The smallest absolute Gasteiger partial charge is 0.166 e. The zero-order valence-electron chi connectivity index (χ0n) is 13.8. The molecule has 1 aromatic carbocycles. The van der Waals surface area contributed by atoms with Crippen molar-refractivity contribution in [2.45, 2.75) is 59.0 Å². The molecule has 2 nitrogen and oxygen atoms in total.